The third-order valence-electron chi connectivity index (χ3n) is 6.35. The van der Waals surface area contributed by atoms with E-state index in [1.807, 2.05) is 19.2 Å². The third-order valence-corrected chi connectivity index (χ3v) is 6.35. The average molecular weight is 530 g/mol. The molecule has 1 aromatic rings. The summed E-state index contributed by atoms with van der Waals surface area (Å²) in [6.07, 6.45) is 6.45. The first-order valence-electron chi connectivity index (χ1n) is 11.3. The number of methoxy groups -OCH3 is 1. The zero-order valence-corrected chi connectivity index (χ0v) is 21.2. The lowest BCUT2D eigenvalue weighted by Gasteiger charge is -2.33. The normalized spacial score (nSPS) is 22.5. The van der Waals surface area contributed by atoms with Gasteiger partial charge < -0.3 is 25.2 Å². The highest BCUT2D eigenvalue weighted by Gasteiger charge is 2.24. The van der Waals surface area contributed by atoms with Crippen LogP contribution < -0.4 is 20.3 Å². The molecule has 30 heavy (non-hydrogen) atoms. The summed E-state index contributed by atoms with van der Waals surface area (Å²) < 4.78 is 5.52. The minimum atomic E-state index is 0. The number of piperidine rings is 1. The van der Waals surface area contributed by atoms with Crippen LogP contribution in [-0.4, -0.2) is 70.3 Å². The number of likely N-dealkylation sites (tertiary alicyclic amines) is 1. The second-order valence-corrected chi connectivity index (χ2v) is 8.39. The van der Waals surface area contributed by atoms with Gasteiger partial charge in [-0.1, -0.05) is 18.6 Å². The number of hydrogen-bond acceptors (Lipinski definition) is 4. The molecule has 1 aromatic carbocycles. The number of aliphatic imine (C=N–C) groups is 1. The molecule has 6 nitrogen and oxygen atoms in total. The van der Waals surface area contributed by atoms with Crippen LogP contribution >= 0.6 is 24.0 Å². The van der Waals surface area contributed by atoms with Crippen LogP contribution in [-0.2, 0) is 0 Å². The molecule has 0 aliphatic carbocycles. The van der Waals surface area contributed by atoms with Crippen LogP contribution in [0.25, 0.3) is 0 Å². The average Bonchev–Trinajstić information content (AvgIpc) is 3.23. The highest BCUT2D eigenvalue weighted by Crippen LogP contribution is 2.31. The Kier molecular flexibility index (Phi) is 11.1. The van der Waals surface area contributed by atoms with Crippen molar-refractivity contribution in [3.8, 4) is 5.75 Å². The molecule has 2 heterocycles. The van der Waals surface area contributed by atoms with Crippen molar-refractivity contribution in [2.75, 3.05) is 58.3 Å². The van der Waals surface area contributed by atoms with Crippen molar-refractivity contribution in [2.24, 2.45) is 10.9 Å². The number of rotatable bonds is 8. The van der Waals surface area contributed by atoms with Crippen molar-refractivity contribution in [1.29, 1.82) is 0 Å². The maximum Gasteiger partial charge on any atom is 0.190 e. The van der Waals surface area contributed by atoms with Crippen LogP contribution in [0.3, 0.4) is 0 Å². The molecule has 3 rings (SSSR count). The van der Waals surface area contributed by atoms with E-state index in [0.29, 0.717) is 5.92 Å². The molecule has 0 aromatic heterocycles. The van der Waals surface area contributed by atoms with E-state index in [1.54, 1.807) is 7.11 Å². The quantitative estimate of drug-likeness (QED) is 0.234. The number of hydrogen-bond donors (Lipinski definition) is 2. The molecule has 2 fully saturated rings. The molecule has 2 N–H and O–H groups in total. The summed E-state index contributed by atoms with van der Waals surface area (Å²) in [5.41, 5.74) is 1.20. The lowest BCUT2D eigenvalue weighted by Crippen LogP contribution is -2.42. The fourth-order valence-corrected chi connectivity index (χ4v) is 4.55. The third kappa shape index (κ3) is 7.18. The molecular weight excluding hydrogens is 489 g/mol. The van der Waals surface area contributed by atoms with Gasteiger partial charge in [0, 0.05) is 45.8 Å². The van der Waals surface area contributed by atoms with Crippen LogP contribution in [0, 0.1) is 5.92 Å². The first kappa shape index (κ1) is 25.0. The van der Waals surface area contributed by atoms with Gasteiger partial charge in [-0.15, -0.1) is 24.0 Å². The number of nitrogens with one attached hydrogen (secondary N) is 2. The molecule has 2 atom stereocenters. The second-order valence-electron chi connectivity index (χ2n) is 8.39. The van der Waals surface area contributed by atoms with E-state index < -0.39 is 0 Å². The first-order chi connectivity index (χ1) is 14.2. The number of para-hydroxylation sites is 2. The number of benzene rings is 1. The monoisotopic (exact) mass is 529 g/mol. The molecule has 2 aliphatic rings. The summed E-state index contributed by atoms with van der Waals surface area (Å²) in [5.74, 6) is 2.50. The Labute approximate surface area is 199 Å². The highest BCUT2D eigenvalue weighted by molar-refractivity contribution is 14.0. The minimum Gasteiger partial charge on any atom is -0.495 e. The van der Waals surface area contributed by atoms with Crippen LogP contribution in [0.2, 0.25) is 0 Å². The van der Waals surface area contributed by atoms with Crippen molar-refractivity contribution in [2.45, 2.75) is 45.1 Å². The van der Waals surface area contributed by atoms with Crippen LogP contribution in [0.5, 0.6) is 5.75 Å². The molecule has 0 bridgehead atoms. The minimum absolute atomic E-state index is 0. The zero-order valence-electron chi connectivity index (χ0n) is 18.9. The van der Waals surface area contributed by atoms with Gasteiger partial charge in [0.1, 0.15) is 5.75 Å². The van der Waals surface area contributed by atoms with Gasteiger partial charge in [0.25, 0.3) is 0 Å². The highest BCUT2D eigenvalue weighted by atomic mass is 127. The summed E-state index contributed by atoms with van der Waals surface area (Å²) in [4.78, 5) is 9.46. The summed E-state index contributed by atoms with van der Waals surface area (Å²) in [6.45, 7) is 8.86. The van der Waals surface area contributed by atoms with Gasteiger partial charge in [-0.05, 0) is 57.2 Å². The molecular formula is C23H40IN5O. The van der Waals surface area contributed by atoms with Crippen molar-refractivity contribution in [1.82, 2.24) is 15.5 Å². The summed E-state index contributed by atoms with van der Waals surface area (Å²) in [5, 5.41) is 7.01. The Morgan fingerprint density at radius 3 is 2.77 bits per heavy atom. The fourth-order valence-electron chi connectivity index (χ4n) is 4.55. The van der Waals surface area contributed by atoms with Gasteiger partial charge in [-0.2, -0.15) is 0 Å². The Balaban J connectivity index is 0.00000320. The van der Waals surface area contributed by atoms with E-state index in [4.69, 9.17) is 4.74 Å². The van der Waals surface area contributed by atoms with Crippen molar-refractivity contribution in [3.05, 3.63) is 24.3 Å². The topological polar surface area (TPSA) is 52.1 Å². The summed E-state index contributed by atoms with van der Waals surface area (Å²) in [6, 6.07) is 9.05. The van der Waals surface area contributed by atoms with Crippen molar-refractivity contribution >= 4 is 35.6 Å². The molecule has 2 saturated heterocycles. The maximum atomic E-state index is 5.52. The molecule has 0 amide bonds. The van der Waals surface area contributed by atoms with Gasteiger partial charge in [0.05, 0.1) is 12.8 Å². The summed E-state index contributed by atoms with van der Waals surface area (Å²) in [7, 11) is 3.60. The maximum absolute atomic E-state index is 5.52. The lowest BCUT2D eigenvalue weighted by molar-refractivity contribution is 0.159. The van der Waals surface area contributed by atoms with Crippen molar-refractivity contribution in [3.63, 3.8) is 0 Å². The summed E-state index contributed by atoms with van der Waals surface area (Å²) >= 11 is 0. The molecule has 170 valence electrons. The molecule has 0 spiro atoms. The Hall–Kier alpha value is -1.22. The van der Waals surface area contributed by atoms with E-state index >= 15 is 0 Å². The molecule has 0 saturated carbocycles. The largest absolute Gasteiger partial charge is 0.495 e. The molecule has 2 aliphatic heterocycles. The predicted molar refractivity (Wildman–Crippen MR) is 138 cm³/mol. The standard InChI is InChI=1S/C23H39N5O.HI/c1-19-9-6-7-14-27(19)15-8-13-25-23(24-2)26-17-20-12-16-28(18-20)21-10-4-5-11-22(21)29-3;/h4-5,10-11,19-20H,6-9,12-18H2,1-3H3,(H2,24,25,26);1H. The van der Waals surface area contributed by atoms with Gasteiger partial charge in [-0.25, -0.2) is 0 Å². The lowest BCUT2D eigenvalue weighted by atomic mass is 10.0. The number of guanidine groups is 1. The molecule has 2 unspecified atom stereocenters. The van der Waals surface area contributed by atoms with Crippen LogP contribution in [0.15, 0.2) is 29.3 Å². The van der Waals surface area contributed by atoms with Crippen molar-refractivity contribution < 1.29 is 4.74 Å². The van der Waals surface area contributed by atoms with E-state index in [9.17, 15) is 0 Å². The number of nitrogens with zero attached hydrogens (tertiary/aromatic N) is 3. The SMILES string of the molecule is CN=C(NCCCN1CCCCC1C)NCC1CCN(c2ccccc2OC)C1.I. The Morgan fingerprint density at radius 2 is 2.00 bits per heavy atom. The van der Waals surface area contributed by atoms with Gasteiger partial charge in [0.15, 0.2) is 5.96 Å². The number of halogens is 1. The van der Waals surface area contributed by atoms with Crippen LogP contribution in [0.1, 0.15) is 39.0 Å². The van der Waals surface area contributed by atoms with E-state index in [1.165, 1.54) is 44.5 Å². The van der Waals surface area contributed by atoms with Gasteiger partial charge in [-0.3, -0.25) is 4.99 Å². The van der Waals surface area contributed by atoms with E-state index in [2.05, 4.69) is 44.5 Å². The van der Waals surface area contributed by atoms with E-state index in [0.717, 1.165) is 50.4 Å². The fraction of sp³-hybridized carbons (Fsp3) is 0.696. The Morgan fingerprint density at radius 1 is 1.17 bits per heavy atom. The second kappa shape index (κ2) is 13.2. The van der Waals surface area contributed by atoms with E-state index in [-0.39, 0.29) is 24.0 Å². The number of anilines is 1. The molecule has 0 radical (unpaired) electrons. The zero-order chi connectivity index (χ0) is 20.5. The predicted octanol–water partition coefficient (Wildman–Crippen LogP) is 3.57. The smallest absolute Gasteiger partial charge is 0.190 e. The van der Waals surface area contributed by atoms with Gasteiger partial charge in [0.2, 0.25) is 0 Å². The Bertz CT molecular complexity index is 656. The number of ether oxygens (including phenoxy) is 1. The first-order valence-corrected chi connectivity index (χ1v) is 11.3. The van der Waals surface area contributed by atoms with Crippen LogP contribution in [0.4, 0.5) is 5.69 Å². The van der Waals surface area contributed by atoms with Gasteiger partial charge >= 0.3 is 0 Å². The molecule has 7 heteroatoms.